The van der Waals surface area contributed by atoms with Crippen molar-refractivity contribution in [3.05, 3.63) is 86.4 Å². The summed E-state index contributed by atoms with van der Waals surface area (Å²) in [6.45, 7) is 0.249. The van der Waals surface area contributed by atoms with Gasteiger partial charge in [0.15, 0.2) is 0 Å². The molecule has 144 valence electrons. The number of fused-ring (bicyclic) bond motifs is 1. The highest BCUT2D eigenvalue weighted by Crippen LogP contribution is 2.17. The van der Waals surface area contributed by atoms with Crippen LogP contribution in [0.5, 0.6) is 0 Å². The smallest absolute Gasteiger partial charge is 0.257 e. The molecule has 0 fully saturated rings. The number of thioether (sulfide) groups is 1. The Hall–Kier alpha value is -2.57. The van der Waals surface area contributed by atoms with E-state index in [0.717, 1.165) is 11.3 Å². The van der Waals surface area contributed by atoms with Gasteiger partial charge in [0, 0.05) is 28.9 Å². The predicted octanol–water partition coefficient (Wildman–Crippen LogP) is 4.63. The predicted molar refractivity (Wildman–Crippen MR) is 115 cm³/mol. The van der Waals surface area contributed by atoms with Gasteiger partial charge in [0.2, 0.25) is 5.43 Å². The van der Waals surface area contributed by atoms with E-state index in [-0.39, 0.29) is 23.0 Å². The fourth-order valence-corrected chi connectivity index (χ4v) is 3.15. The second-order valence-electron chi connectivity index (χ2n) is 6.12. The number of aromatic nitrogens is 1. The molecule has 0 bridgehead atoms. The Labute approximate surface area is 170 Å². The van der Waals surface area contributed by atoms with Gasteiger partial charge < -0.3 is 10.3 Å². The molecule has 28 heavy (non-hydrogen) atoms. The molecule has 0 unspecified atom stereocenters. The summed E-state index contributed by atoms with van der Waals surface area (Å²) in [6, 6.07) is 9.96. The molecule has 0 spiro atoms. The third-order valence-electron chi connectivity index (χ3n) is 4.15. The van der Waals surface area contributed by atoms with E-state index in [9.17, 15) is 14.0 Å². The van der Waals surface area contributed by atoms with Gasteiger partial charge in [-0.05, 0) is 41.6 Å². The highest BCUT2D eigenvalue weighted by Gasteiger charge is 2.15. The third-order valence-corrected chi connectivity index (χ3v) is 4.92. The number of carbonyl (C=O) groups is 1. The summed E-state index contributed by atoms with van der Waals surface area (Å²) in [4.78, 5) is 28.0. The number of amides is 1. The van der Waals surface area contributed by atoms with Crippen molar-refractivity contribution in [1.29, 1.82) is 0 Å². The van der Waals surface area contributed by atoms with E-state index in [1.165, 1.54) is 12.3 Å². The second-order valence-corrected chi connectivity index (χ2v) is 7.47. The minimum atomic E-state index is -0.536. The van der Waals surface area contributed by atoms with E-state index in [1.54, 1.807) is 48.2 Å². The van der Waals surface area contributed by atoms with Gasteiger partial charge in [0.05, 0.1) is 5.52 Å². The summed E-state index contributed by atoms with van der Waals surface area (Å²) in [5, 5.41) is 3.44. The van der Waals surface area contributed by atoms with Crippen molar-refractivity contribution in [2.45, 2.75) is 6.54 Å². The molecule has 0 saturated carbocycles. The van der Waals surface area contributed by atoms with E-state index in [2.05, 4.69) is 10.3 Å². The number of aromatic amines is 1. The number of benzene rings is 2. The molecular formula is C21H18ClFN2O2S. The number of hydrogen-bond donors (Lipinski definition) is 2. The molecule has 3 aromatic rings. The minimum absolute atomic E-state index is 0.0638. The van der Waals surface area contributed by atoms with Crippen molar-refractivity contribution in [2.75, 3.05) is 12.0 Å². The molecule has 1 heterocycles. The average Bonchev–Trinajstić information content (AvgIpc) is 2.68. The monoisotopic (exact) mass is 416 g/mol. The van der Waals surface area contributed by atoms with E-state index in [0.29, 0.717) is 10.6 Å². The molecule has 0 aliphatic heterocycles. The molecule has 7 heteroatoms. The minimum Gasteiger partial charge on any atom is -0.358 e. The van der Waals surface area contributed by atoms with Gasteiger partial charge in [0.1, 0.15) is 11.4 Å². The molecule has 2 aromatic carbocycles. The molecule has 0 saturated heterocycles. The zero-order valence-electron chi connectivity index (χ0n) is 15.1. The Bertz CT molecular complexity index is 1090. The highest BCUT2D eigenvalue weighted by atomic mass is 35.5. The topological polar surface area (TPSA) is 62.0 Å². The molecule has 2 N–H and O–H groups in total. The van der Waals surface area contributed by atoms with Crippen molar-refractivity contribution in [2.24, 2.45) is 0 Å². The van der Waals surface area contributed by atoms with Gasteiger partial charge >= 0.3 is 0 Å². The number of H-pyrrole nitrogens is 1. The largest absolute Gasteiger partial charge is 0.358 e. The first-order valence-electron chi connectivity index (χ1n) is 8.52. The Balaban J connectivity index is 1.88. The molecule has 1 amide bonds. The van der Waals surface area contributed by atoms with Crippen LogP contribution < -0.4 is 10.7 Å². The number of halogens is 2. The van der Waals surface area contributed by atoms with Crippen molar-refractivity contribution in [3.8, 4) is 0 Å². The molecule has 0 aliphatic rings. The summed E-state index contributed by atoms with van der Waals surface area (Å²) in [7, 11) is 0. The average molecular weight is 417 g/mol. The fraction of sp³-hybridized carbons (Fsp3) is 0.143. The first-order valence-corrected chi connectivity index (χ1v) is 10.3. The maximum absolute atomic E-state index is 14.4. The van der Waals surface area contributed by atoms with Crippen LogP contribution in [0.25, 0.3) is 17.0 Å². The highest BCUT2D eigenvalue weighted by molar-refractivity contribution is 7.98. The SMILES string of the molecule is CSC/C=C\c1cc(F)c2[nH]cc(C(=O)NCc3ccc(Cl)cc3)c(=O)c2c1. The van der Waals surface area contributed by atoms with Crippen LogP contribution in [-0.2, 0) is 6.54 Å². The molecule has 0 atom stereocenters. The van der Waals surface area contributed by atoms with Gasteiger partial charge in [-0.15, -0.1) is 0 Å². The standard InChI is InChI=1S/C21H18ClFN2O2S/c1-28-8-2-3-14-9-16-19(18(23)10-14)24-12-17(20(16)26)21(27)25-11-13-4-6-15(22)7-5-13/h2-7,9-10,12H,8,11H2,1H3,(H,24,26)(H,25,27)/b3-2-. The van der Waals surface area contributed by atoms with E-state index < -0.39 is 17.2 Å². The Morgan fingerprint density at radius 3 is 2.75 bits per heavy atom. The van der Waals surface area contributed by atoms with Crippen LogP contribution >= 0.6 is 23.4 Å². The van der Waals surface area contributed by atoms with Gasteiger partial charge in [-0.2, -0.15) is 11.8 Å². The van der Waals surface area contributed by atoms with E-state index in [4.69, 9.17) is 11.6 Å². The molecular weight excluding hydrogens is 399 g/mol. The zero-order valence-corrected chi connectivity index (χ0v) is 16.7. The first kappa shape index (κ1) is 20.2. The summed E-state index contributed by atoms with van der Waals surface area (Å²) in [6.07, 6.45) is 6.85. The number of carbonyl (C=O) groups excluding carboxylic acids is 1. The van der Waals surface area contributed by atoms with Gasteiger partial charge in [0.25, 0.3) is 5.91 Å². The van der Waals surface area contributed by atoms with Crippen LogP contribution in [0.3, 0.4) is 0 Å². The fourth-order valence-electron chi connectivity index (χ4n) is 2.73. The molecule has 1 aromatic heterocycles. The Morgan fingerprint density at radius 2 is 2.04 bits per heavy atom. The van der Waals surface area contributed by atoms with E-state index >= 15 is 0 Å². The lowest BCUT2D eigenvalue weighted by Gasteiger charge is -2.07. The van der Waals surface area contributed by atoms with Crippen molar-refractivity contribution < 1.29 is 9.18 Å². The summed E-state index contributed by atoms with van der Waals surface area (Å²) in [5.74, 6) is -0.281. The van der Waals surface area contributed by atoms with Crippen LogP contribution in [0.1, 0.15) is 21.5 Å². The molecule has 0 aliphatic carbocycles. The lowest BCUT2D eigenvalue weighted by molar-refractivity contribution is 0.0949. The normalized spacial score (nSPS) is 11.2. The Morgan fingerprint density at radius 1 is 1.29 bits per heavy atom. The van der Waals surface area contributed by atoms with Crippen LogP contribution in [0.15, 0.2) is 53.5 Å². The quantitative estimate of drug-likeness (QED) is 0.616. The van der Waals surface area contributed by atoms with Gasteiger partial charge in [-0.3, -0.25) is 9.59 Å². The maximum atomic E-state index is 14.4. The van der Waals surface area contributed by atoms with Crippen molar-refractivity contribution in [3.63, 3.8) is 0 Å². The zero-order chi connectivity index (χ0) is 20.1. The number of rotatable bonds is 6. The van der Waals surface area contributed by atoms with Crippen molar-refractivity contribution in [1.82, 2.24) is 10.3 Å². The van der Waals surface area contributed by atoms with Crippen LogP contribution in [0.2, 0.25) is 5.02 Å². The van der Waals surface area contributed by atoms with Crippen molar-refractivity contribution >= 4 is 46.2 Å². The number of nitrogens with one attached hydrogen (secondary N) is 2. The van der Waals surface area contributed by atoms with Crippen LogP contribution in [-0.4, -0.2) is 22.9 Å². The van der Waals surface area contributed by atoms with Crippen LogP contribution in [0.4, 0.5) is 4.39 Å². The maximum Gasteiger partial charge on any atom is 0.257 e. The molecule has 4 nitrogen and oxygen atoms in total. The summed E-state index contributed by atoms with van der Waals surface area (Å²) in [5.41, 5.74) is 0.930. The van der Waals surface area contributed by atoms with Gasteiger partial charge in [-0.25, -0.2) is 4.39 Å². The van der Waals surface area contributed by atoms with Gasteiger partial charge in [-0.1, -0.05) is 35.9 Å². The molecule has 0 radical (unpaired) electrons. The summed E-state index contributed by atoms with van der Waals surface area (Å²) >= 11 is 7.48. The lowest BCUT2D eigenvalue weighted by atomic mass is 10.1. The second kappa shape index (κ2) is 9.08. The first-order chi connectivity index (χ1) is 13.5. The number of hydrogen-bond acceptors (Lipinski definition) is 3. The molecule has 3 rings (SSSR count). The lowest BCUT2D eigenvalue weighted by Crippen LogP contribution is -2.28. The van der Waals surface area contributed by atoms with Crippen LogP contribution in [0, 0.1) is 5.82 Å². The van der Waals surface area contributed by atoms with E-state index in [1.807, 2.05) is 12.3 Å². The Kier molecular flexibility index (Phi) is 6.54. The third kappa shape index (κ3) is 4.64. The summed E-state index contributed by atoms with van der Waals surface area (Å²) < 4.78 is 14.4. The number of pyridine rings is 1.